The number of benzene rings is 2. The van der Waals surface area contributed by atoms with E-state index in [2.05, 4.69) is 15.6 Å². The number of guanidine groups is 1. The van der Waals surface area contributed by atoms with Gasteiger partial charge in [0.05, 0.1) is 13.7 Å². The lowest BCUT2D eigenvalue weighted by atomic mass is 10.2. The maximum atomic E-state index is 10.1. The van der Waals surface area contributed by atoms with Crippen molar-refractivity contribution >= 4 is 29.9 Å². The fourth-order valence-corrected chi connectivity index (χ4v) is 2.15. The van der Waals surface area contributed by atoms with Crippen LogP contribution in [0.4, 0.5) is 0 Å². The quantitative estimate of drug-likeness (QED) is 0.366. The second kappa shape index (κ2) is 10.7. The molecule has 0 aliphatic rings. The van der Waals surface area contributed by atoms with Gasteiger partial charge in [0.2, 0.25) is 0 Å². The maximum Gasteiger partial charge on any atom is 0.191 e. The molecular formula is C18H24IN3O2. The number of para-hydroxylation sites is 1. The molecule has 5 nitrogen and oxygen atoms in total. The Kier molecular flexibility index (Phi) is 8.99. The van der Waals surface area contributed by atoms with Crippen molar-refractivity contribution in [1.29, 1.82) is 0 Å². The lowest BCUT2D eigenvalue weighted by molar-refractivity contribution is 0.370. The highest BCUT2D eigenvalue weighted by molar-refractivity contribution is 14.0. The van der Waals surface area contributed by atoms with E-state index >= 15 is 0 Å². The molecule has 24 heavy (non-hydrogen) atoms. The Bertz CT molecular complexity index is 648. The van der Waals surface area contributed by atoms with Gasteiger partial charge in [0, 0.05) is 18.7 Å². The van der Waals surface area contributed by atoms with Crippen LogP contribution in [0.5, 0.6) is 11.5 Å². The predicted molar refractivity (Wildman–Crippen MR) is 108 cm³/mol. The molecule has 0 spiro atoms. The summed E-state index contributed by atoms with van der Waals surface area (Å²) in [6.45, 7) is 3.84. The Hall–Kier alpha value is -1.96. The number of rotatable bonds is 6. The van der Waals surface area contributed by atoms with Crippen molar-refractivity contribution < 1.29 is 9.84 Å². The zero-order valence-electron chi connectivity index (χ0n) is 14.0. The van der Waals surface area contributed by atoms with Crippen molar-refractivity contribution in [3.05, 3.63) is 59.7 Å². The summed E-state index contributed by atoms with van der Waals surface area (Å²) in [5.74, 6) is 1.33. The fourth-order valence-electron chi connectivity index (χ4n) is 2.15. The zero-order valence-corrected chi connectivity index (χ0v) is 16.3. The largest absolute Gasteiger partial charge is 0.504 e. The molecule has 130 valence electrons. The standard InChI is InChI=1S/C18H23N3O2.HI/c1-3-19-18(20-12-14-8-5-4-6-9-14)21-13-15-10-7-11-16(23-2)17(15)22;/h4-11,22H,3,12-13H2,1-2H3,(H2,19,20,21);1H. The number of ether oxygens (including phenoxy) is 1. The minimum absolute atomic E-state index is 0. The molecule has 0 fully saturated rings. The number of hydrogen-bond acceptors (Lipinski definition) is 3. The summed E-state index contributed by atoms with van der Waals surface area (Å²) in [5.41, 5.74) is 1.91. The third-order valence-electron chi connectivity index (χ3n) is 3.36. The van der Waals surface area contributed by atoms with E-state index in [0.717, 1.165) is 17.7 Å². The van der Waals surface area contributed by atoms with Crippen LogP contribution in [0.15, 0.2) is 53.5 Å². The van der Waals surface area contributed by atoms with Gasteiger partial charge < -0.3 is 20.5 Å². The van der Waals surface area contributed by atoms with Crippen molar-refractivity contribution in [3.63, 3.8) is 0 Å². The monoisotopic (exact) mass is 441 g/mol. The number of hydrogen-bond donors (Lipinski definition) is 3. The van der Waals surface area contributed by atoms with Crippen LogP contribution < -0.4 is 15.4 Å². The number of aromatic hydroxyl groups is 1. The van der Waals surface area contributed by atoms with Crippen LogP contribution in [0.3, 0.4) is 0 Å². The molecule has 0 amide bonds. The van der Waals surface area contributed by atoms with Crippen LogP contribution >= 0.6 is 24.0 Å². The van der Waals surface area contributed by atoms with Crippen LogP contribution in [0.1, 0.15) is 18.1 Å². The van der Waals surface area contributed by atoms with Gasteiger partial charge in [-0.1, -0.05) is 42.5 Å². The Morgan fingerprint density at radius 2 is 1.83 bits per heavy atom. The molecule has 0 saturated carbocycles. The minimum Gasteiger partial charge on any atom is -0.504 e. The van der Waals surface area contributed by atoms with E-state index in [1.54, 1.807) is 6.07 Å². The van der Waals surface area contributed by atoms with Gasteiger partial charge in [-0.25, -0.2) is 4.99 Å². The molecule has 0 heterocycles. The third kappa shape index (κ3) is 5.92. The van der Waals surface area contributed by atoms with Gasteiger partial charge in [-0.2, -0.15) is 0 Å². The van der Waals surface area contributed by atoms with Crippen molar-refractivity contribution in [2.24, 2.45) is 4.99 Å². The fraction of sp³-hybridized carbons (Fsp3) is 0.278. The lowest BCUT2D eigenvalue weighted by Crippen LogP contribution is -2.36. The number of nitrogens with zero attached hydrogens (tertiary/aromatic N) is 1. The van der Waals surface area contributed by atoms with Crippen molar-refractivity contribution in [1.82, 2.24) is 10.6 Å². The Morgan fingerprint density at radius 3 is 2.50 bits per heavy atom. The Morgan fingerprint density at radius 1 is 1.08 bits per heavy atom. The first kappa shape index (κ1) is 20.1. The SMILES string of the molecule is CCNC(=NCc1ccccc1)NCc1cccc(OC)c1O.I. The van der Waals surface area contributed by atoms with Crippen LogP contribution in [0.25, 0.3) is 0 Å². The summed E-state index contributed by atoms with van der Waals surface area (Å²) in [4.78, 5) is 4.55. The van der Waals surface area contributed by atoms with Crippen LogP contribution in [-0.4, -0.2) is 24.7 Å². The van der Waals surface area contributed by atoms with E-state index < -0.39 is 0 Å². The Balaban J connectivity index is 0.00000288. The average Bonchev–Trinajstić information content (AvgIpc) is 2.59. The van der Waals surface area contributed by atoms with E-state index in [1.807, 2.05) is 49.4 Å². The number of phenolic OH excluding ortho intramolecular Hbond substituents is 1. The average molecular weight is 441 g/mol. The molecule has 0 bridgehead atoms. The first-order valence-electron chi connectivity index (χ1n) is 7.65. The number of aliphatic imine (C=N–C) groups is 1. The van der Waals surface area contributed by atoms with Crippen molar-refractivity contribution in [2.45, 2.75) is 20.0 Å². The van der Waals surface area contributed by atoms with Gasteiger partial charge in [-0.3, -0.25) is 0 Å². The molecule has 2 aromatic rings. The summed E-state index contributed by atoms with van der Waals surface area (Å²) in [5, 5.41) is 16.5. The second-order valence-corrected chi connectivity index (χ2v) is 5.00. The van der Waals surface area contributed by atoms with E-state index in [9.17, 15) is 5.11 Å². The third-order valence-corrected chi connectivity index (χ3v) is 3.36. The topological polar surface area (TPSA) is 65.9 Å². The van der Waals surface area contributed by atoms with Gasteiger partial charge >= 0.3 is 0 Å². The lowest BCUT2D eigenvalue weighted by Gasteiger charge is -2.13. The Labute approximate surface area is 160 Å². The second-order valence-electron chi connectivity index (χ2n) is 5.00. The molecule has 3 N–H and O–H groups in total. The van der Waals surface area contributed by atoms with Crippen LogP contribution in [0.2, 0.25) is 0 Å². The molecule has 0 saturated heterocycles. The number of halogens is 1. The van der Waals surface area contributed by atoms with E-state index in [0.29, 0.717) is 24.8 Å². The van der Waals surface area contributed by atoms with E-state index in [4.69, 9.17) is 4.74 Å². The van der Waals surface area contributed by atoms with Crippen LogP contribution in [0, 0.1) is 0 Å². The van der Waals surface area contributed by atoms with Gasteiger partial charge in [-0.05, 0) is 18.6 Å². The van der Waals surface area contributed by atoms with E-state index in [1.165, 1.54) is 7.11 Å². The number of phenols is 1. The molecule has 2 aromatic carbocycles. The van der Waals surface area contributed by atoms with Gasteiger partial charge in [0.1, 0.15) is 0 Å². The zero-order chi connectivity index (χ0) is 16.5. The number of nitrogens with one attached hydrogen (secondary N) is 2. The van der Waals surface area contributed by atoms with Gasteiger partial charge in [0.25, 0.3) is 0 Å². The number of methoxy groups -OCH3 is 1. The summed E-state index contributed by atoms with van der Waals surface area (Å²) >= 11 is 0. The highest BCUT2D eigenvalue weighted by Crippen LogP contribution is 2.28. The van der Waals surface area contributed by atoms with Crippen LogP contribution in [-0.2, 0) is 13.1 Å². The first-order valence-corrected chi connectivity index (χ1v) is 7.65. The maximum absolute atomic E-state index is 10.1. The summed E-state index contributed by atoms with van der Waals surface area (Å²) < 4.78 is 5.12. The van der Waals surface area contributed by atoms with Gasteiger partial charge in [-0.15, -0.1) is 24.0 Å². The van der Waals surface area contributed by atoms with Crippen molar-refractivity contribution in [3.8, 4) is 11.5 Å². The molecular weight excluding hydrogens is 417 g/mol. The molecule has 2 rings (SSSR count). The molecule has 0 radical (unpaired) electrons. The molecule has 0 unspecified atom stereocenters. The van der Waals surface area contributed by atoms with Crippen molar-refractivity contribution in [2.75, 3.05) is 13.7 Å². The minimum atomic E-state index is 0. The van der Waals surface area contributed by atoms with Gasteiger partial charge in [0.15, 0.2) is 17.5 Å². The molecule has 0 aromatic heterocycles. The highest BCUT2D eigenvalue weighted by Gasteiger charge is 2.07. The summed E-state index contributed by atoms with van der Waals surface area (Å²) in [6, 6.07) is 15.5. The summed E-state index contributed by atoms with van der Waals surface area (Å²) in [6.07, 6.45) is 0. The van der Waals surface area contributed by atoms with E-state index in [-0.39, 0.29) is 29.7 Å². The first-order chi connectivity index (χ1) is 11.2. The molecule has 6 heteroatoms. The molecule has 0 aliphatic carbocycles. The smallest absolute Gasteiger partial charge is 0.191 e. The highest BCUT2D eigenvalue weighted by atomic mass is 127. The summed E-state index contributed by atoms with van der Waals surface area (Å²) in [7, 11) is 1.54. The molecule has 0 atom stereocenters. The normalized spacial score (nSPS) is 10.7. The molecule has 0 aliphatic heterocycles. The predicted octanol–water partition coefficient (Wildman–Crippen LogP) is 3.27.